The zero-order valence-electron chi connectivity index (χ0n) is 13.3. The van der Waals surface area contributed by atoms with Crippen molar-refractivity contribution >= 4 is 0 Å². The Kier molecular flexibility index (Phi) is 6.33. The van der Waals surface area contributed by atoms with E-state index in [1.807, 2.05) is 13.0 Å². The molecule has 1 heterocycles. The molecule has 4 nitrogen and oxygen atoms in total. The largest absolute Gasteiger partial charge is 0.493 e. The van der Waals surface area contributed by atoms with Crippen molar-refractivity contribution in [2.45, 2.75) is 38.6 Å². The summed E-state index contributed by atoms with van der Waals surface area (Å²) in [6.07, 6.45) is 4.59. The van der Waals surface area contributed by atoms with E-state index >= 15 is 0 Å². The molecule has 1 aromatic carbocycles. The Balaban J connectivity index is 1.84. The minimum Gasteiger partial charge on any atom is -0.493 e. The standard InChI is InChI=1S/C17H28N2O2/c1-14(18)12-15-6-7-16(20-2)17(13-15)21-11-5-10-19-8-3-4-9-19/h6-7,13-14H,3-5,8-12,18H2,1-2H3. The Morgan fingerprint density at radius 1 is 1.24 bits per heavy atom. The molecule has 0 radical (unpaired) electrons. The molecule has 1 unspecified atom stereocenters. The molecule has 2 N–H and O–H groups in total. The zero-order chi connectivity index (χ0) is 15.1. The number of likely N-dealkylation sites (tertiary alicyclic amines) is 1. The normalized spacial score (nSPS) is 16.9. The SMILES string of the molecule is COc1ccc(CC(C)N)cc1OCCCN1CCCC1. The van der Waals surface area contributed by atoms with Gasteiger partial charge in [-0.1, -0.05) is 6.07 Å². The van der Waals surface area contributed by atoms with Crippen LogP contribution in [0.3, 0.4) is 0 Å². The molecule has 1 fully saturated rings. The topological polar surface area (TPSA) is 47.7 Å². The van der Waals surface area contributed by atoms with Crippen LogP contribution in [0.15, 0.2) is 18.2 Å². The summed E-state index contributed by atoms with van der Waals surface area (Å²) in [5.41, 5.74) is 7.05. The summed E-state index contributed by atoms with van der Waals surface area (Å²) in [5, 5.41) is 0. The van der Waals surface area contributed by atoms with Gasteiger partial charge in [-0.05, 0) is 63.4 Å². The third-order valence-corrected chi connectivity index (χ3v) is 3.86. The van der Waals surface area contributed by atoms with Gasteiger partial charge in [0.05, 0.1) is 13.7 Å². The third-order valence-electron chi connectivity index (χ3n) is 3.86. The maximum absolute atomic E-state index is 5.92. The van der Waals surface area contributed by atoms with Gasteiger partial charge in [-0.2, -0.15) is 0 Å². The predicted molar refractivity (Wildman–Crippen MR) is 86.1 cm³/mol. The van der Waals surface area contributed by atoms with Crippen LogP contribution in [0.4, 0.5) is 0 Å². The van der Waals surface area contributed by atoms with Crippen LogP contribution in [0, 0.1) is 0 Å². The second-order valence-electron chi connectivity index (χ2n) is 5.92. The minimum atomic E-state index is 0.154. The van der Waals surface area contributed by atoms with Crippen LogP contribution in [0.1, 0.15) is 31.7 Å². The van der Waals surface area contributed by atoms with Gasteiger partial charge in [0, 0.05) is 12.6 Å². The molecule has 1 aromatic rings. The number of ether oxygens (including phenoxy) is 2. The van der Waals surface area contributed by atoms with Crippen LogP contribution in [0.25, 0.3) is 0 Å². The predicted octanol–water partition coefficient (Wildman–Crippen LogP) is 2.45. The molecule has 0 amide bonds. The molecule has 2 rings (SSSR count). The lowest BCUT2D eigenvalue weighted by molar-refractivity contribution is 0.254. The number of hydrogen-bond acceptors (Lipinski definition) is 4. The molecule has 4 heteroatoms. The van der Waals surface area contributed by atoms with Crippen molar-refractivity contribution in [2.24, 2.45) is 5.73 Å². The van der Waals surface area contributed by atoms with E-state index in [9.17, 15) is 0 Å². The van der Waals surface area contributed by atoms with Gasteiger partial charge in [0.15, 0.2) is 11.5 Å². The highest BCUT2D eigenvalue weighted by atomic mass is 16.5. The summed E-state index contributed by atoms with van der Waals surface area (Å²) in [7, 11) is 1.68. The molecule has 0 bridgehead atoms. The smallest absolute Gasteiger partial charge is 0.161 e. The van der Waals surface area contributed by atoms with Gasteiger partial charge in [-0.3, -0.25) is 0 Å². The van der Waals surface area contributed by atoms with E-state index in [1.165, 1.54) is 31.5 Å². The van der Waals surface area contributed by atoms with Gasteiger partial charge in [-0.15, -0.1) is 0 Å². The lowest BCUT2D eigenvalue weighted by Gasteiger charge is -2.16. The molecule has 1 saturated heterocycles. The molecule has 21 heavy (non-hydrogen) atoms. The third kappa shape index (κ3) is 5.21. The number of nitrogens with zero attached hydrogens (tertiary/aromatic N) is 1. The monoisotopic (exact) mass is 292 g/mol. The van der Waals surface area contributed by atoms with Crippen molar-refractivity contribution in [3.8, 4) is 11.5 Å². The number of hydrogen-bond donors (Lipinski definition) is 1. The Labute approximate surface area is 128 Å². The molecule has 0 aliphatic carbocycles. The summed E-state index contributed by atoms with van der Waals surface area (Å²) in [4.78, 5) is 2.51. The lowest BCUT2D eigenvalue weighted by atomic mass is 10.1. The van der Waals surface area contributed by atoms with Gasteiger partial charge >= 0.3 is 0 Å². The van der Waals surface area contributed by atoms with Gasteiger partial charge in [0.1, 0.15) is 0 Å². The number of benzene rings is 1. The number of rotatable bonds is 8. The maximum atomic E-state index is 5.92. The highest BCUT2D eigenvalue weighted by molar-refractivity contribution is 5.43. The summed E-state index contributed by atoms with van der Waals surface area (Å²) in [6, 6.07) is 6.23. The van der Waals surface area contributed by atoms with Crippen LogP contribution in [-0.4, -0.2) is 44.3 Å². The fraction of sp³-hybridized carbons (Fsp3) is 0.647. The fourth-order valence-corrected chi connectivity index (χ4v) is 2.81. The number of nitrogens with two attached hydrogens (primary N) is 1. The van der Waals surface area contributed by atoms with E-state index in [0.29, 0.717) is 0 Å². The second kappa shape index (κ2) is 8.25. The highest BCUT2D eigenvalue weighted by Gasteiger charge is 2.11. The Hall–Kier alpha value is -1.26. The van der Waals surface area contributed by atoms with Crippen molar-refractivity contribution in [3.05, 3.63) is 23.8 Å². The summed E-state index contributed by atoms with van der Waals surface area (Å²) in [6.45, 7) is 6.36. The zero-order valence-corrected chi connectivity index (χ0v) is 13.3. The number of methoxy groups -OCH3 is 1. The van der Waals surface area contributed by atoms with Gasteiger partial charge in [0.2, 0.25) is 0 Å². The van der Waals surface area contributed by atoms with E-state index < -0.39 is 0 Å². The average molecular weight is 292 g/mol. The molecular formula is C17H28N2O2. The van der Waals surface area contributed by atoms with Gasteiger partial charge in [-0.25, -0.2) is 0 Å². The fourth-order valence-electron chi connectivity index (χ4n) is 2.81. The van der Waals surface area contributed by atoms with Crippen molar-refractivity contribution < 1.29 is 9.47 Å². The van der Waals surface area contributed by atoms with Crippen LogP contribution in [-0.2, 0) is 6.42 Å². The first-order chi connectivity index (χ1) is 10.2. The van der Waals surface area contributed by atoms with Crippen LogP contribution in [0.5, 0.6) is 11.5 Å². The minimum absolute atomic E-state index is 0.154. The van der Waals surface area contributed by atoms with E-state index in [4.69, 9.17) is 15.2 Å². The van der Waals surface area contributed by atoms with E-state index in [1.54, 1.807) is 7.11 Å². The Bertz CT molecular complexity index is 429. The molecule has 1 atom stereocenters. The molecule has 0 saturated carbocycles. The molecular weight excluding hydrogens is 264 g/mol. The van der Waals surface area contributed by atoms with Crippen molar-refractivity contribution in [2.75, 3.05) is 33.4 Å². The van der Waals surface area contributed by atoms with E-state index in [-0.39, 0.29) is 6.04 Å². The summed E-state index contributed by atoms with van der Waals surface area (Å²) < 4.78 is 11.3. The first-order valence-electron chi connectivity index (χ1n) is 7.96. The van der Waals surface area contributed by atoms with Crippen LogP contribution < -0.4 is 15.2 Å². The van der Waals surface area contributed by atoms with Crippen LogP contribution >= 0.6 is 0 Å². The summed E-state index contributed by atoms with van der Waals surface area (Å²) in [5.74, 6) is 1.63. The molecule has 1 aliphatic heterocycles. The van der Waals surface area contributed by atoms with Gasteiger partial charge < -0.3 is 20.1 Å². The van der Waals surface area contributed by atoms with Crippen molar-refractivity contribution in [1.82, 2.24) is 4.90 Å². The quantitative estimate of drug-likeness (QED) is 0.748. The highest BCUT2D eigenvalue weighted by Crippen LogP contribution is 2.28. The van der Waals surface area contributed by atoms with E-state index in [2.05, 4.69) is 17.0 Å². The second-order valence-corrected chi connectivity index (χ2v) is 5.92. The molecule has 0 aromatic heterocycles. The molecule has 0 spiro atoms. The van der Waals surface area contributed by atoms with Crippen molar-refractivity contribution in [1.29, 1.82) is 0 Å². The summed E-state index contributed by atoms with van der Waals surface area (Å²) >= 11 is 0. The first-order valence-corrected chi connectivity index (χ1v) is 7.96. The molecule has 1 aliphatic rings. The average Bonchev–Trinajstić information content (AvgIpc) is 2.96. The van der Waals surface area contributed by atoms with Crippen LogP contribution in [0.2, 0.25) is 0 Å². The van der Waals surface area contributed by atoms with Crippen molar-refractivity contribution in [3.63, 3.8) is 0 Å². The first kappa shape index (κ1) is 16.1. The Morgan fingerprint density at radius 2 is 2.00 bits per heavy atom. The lowest BCUT2D eigenvalue weighted by Crippen LogP contribution is -2.22. The molecule has 118 valence electrons. The maximum Gasteiger partial charge on any atom is 0.161 e. The van der Waals surface area contributed by atoms with E-state index in [0.717, 1.165) is 37.5 Å². The Morgan fingerprint density at radius 3 is 2.67 bits per heavy atom. The van der Waals surface area contributed by atoms with Gasteiger partial charge in [0.25, 0.3) is 0 Å².